The first-order valence-electron chi connectivity index (χ1n) is 7.06. The number of rotatable bonds is 3. The number of ether oxygens (including phenoxy) is 2. The molecule has 3 rings (SSSR count). The number of aliphatic hydroxyl groups is 4. The lowest BCUT2D eigenvalue weighted by atomic mass is 9.99. The van der Waals surface area contributed by atoms with Gasteiger partial charge in [-0.05, 0) is 22.9 Å². The minimum absolute atomic E-state index is 0.461. The van der Waals surface area contributed by atoms with Gasteiger partial charge in [-0.1, -0.05) is 30.3 Å². The first kappa shape index (κ1) is 15.2. The molecule has 6 nitrogen and oxygen atoms in total. The first-order chi connectivity index (χ1) is 10.6. The van der Waals surface area contributed by atoms with E-state index in [-0.39, 0.29) is 0 Å². The van der Waals surface area contributed by atoms with E-state index in [9.17, 15) is 15.3 Å². The Kier molecular flexibility index (Phi) is 4.28. The largest absolute Gasteiger partial charge is 0.462 e. The van der Waals surface area contributed by atoms with Crippen LogP contribution < -0.4 is 4.74 Å². The first-order valence-corrected chi connectivity index (χ1v) is 7.06. The number of aliphatic hydroxyl groups excluding tert-OH is 4. The van der Waals surface area contributed by atoms with Crippen molar-refractivity contribution in [2.75, 3.05) is 6.61 Å². The van der Waals surface area contributed by atoms with Crippen molar-refractivity contribution in [2.45, 2.75) is 30.7 Å². The molecule has 0 bridgehead atoms. The number of fused-ring (bicyclic) bond motifs is 1. The van der Waals surface area contributed by atoms with Crippen molar-refractivity contribution in [2.24, 2.45) is 0 Å². The highest BCUT2D eigenvalue weighted by atomic mass is 16.7. The van der Waals surface area contributed by atoms with Gasteiger partial charge in [0.25, 0.3) is 0 Å². The molecule has 0 aromatic heterocycles. The molecule has 1 aliphatic heterocycles. The fraction of sp³-hybridized carbons (Fsp3) is 0.375. The summed E-state index contributed by atoms with van der Waals surface area (Å²) in [5.41, 5.74) is 0. The summed E-state index contributed by atoms with van der Waals surface area (Å²) in [6, 6.07) is 13.1. The normalized spacial score (nSPS) is 32.1. The zero-order valence-corrected chi connectivity index (χ0v) is 11.7. The molecular weight excluding hydrogens is 288 g/mol. The Hall–Kier alpha value is -1.70. The highest BCUT2D eigenvalue weighted by Gasteiger charge is 2.44. The maximum absolute atomic E-state index is 9.95. The molecule has 0 saturated carbocycles. The average Bonchev–Trinajstić information content (AvgIpc) is 2.55. The maximum atomic E-state index is 9.95. The van der Waals surface area contributed by atoms with Crippen LogP contribution in [0.2, 0.25) is 0 Å². The van der Waals surface area contributed by atoms with Gasteiger partial charge in [0.05, 0.1) is 6.61 Å². The van der Waals surface area contributed by atoms with Gasteiger partial charge in [-0.2, -0.15) is 0 Å². The molecule has 0 amide bonds. The summed E-state index contributed by atoms with van der Waals surface area (Å²) in [5.74, 6) is 0.461. The van der Waals surface area contributed by atoms with Gasteiger partial charge in [0, 0.05) is 0 Å². The molecule has 0 aliphatic carbocycles. The van der Waals surface area contributed by atoms with Crippen LogP contribution in [0, 0.1) is 0 Å². The number of benzene rings is 2. The second kappa shape index (κ2) is 6.20. The summed E-state index contributed by atoms with van der Waals surface area (Å²) in [4.78, 5) is 0. The molecule has 5 atom stereocenters. The quantitative estimate of drug-likeness (QED) is 0.638. The van der Waals surface area contributed by atoms with Gasteiger partial charge >= 0.3 is 0 Å². The van der Waals surface area contributed by atoms with Gasteiger partial charge < -0.3 is 29.9 Å². The molecule has 4 N–H and O–H groups in total. The monoisotopic (exact) mass is 306 g/mol. The molecule has 1 aliphatic rings. The van der Waals surface area contributed by atoms with E-state index in [0.717, 1.165) is 10.8 Å². The Morgan fingerprint density at radius 3 is 2.36 bits per heavy atom. The van der Waals surface area contributed by atoms with E-state index in [0.29, 0.717) is 5.75 Å². The smallest absolute Gasteiger partial charge is 0.229 e. The van der Waals surface area contributed by atoms with Crippen LogP contribution >= 0.6 is 0 Å². The zero-order chi connectivity index (χ0) is 15.7. The van der Waals surface area contributed by atoms with E-state index in [1.807, 2.05) is 30.3 Å². The summed E-state index contributed by atoms with van der Waals surface area (Å²) in [7, 11) is 0. The van der Waals surface area contributed by atoms with Gasteiger partial charge in [0.1, 0.15) is 30.2 Å². The average molecular weight is 306 g/mol. The van der Waals surface area contributed by atoms with Crippen molar-refractivity contribution >= 4 is 10.8 Å². The topological polar surface area (TPSA) is 99.4 Å². The van der Waals surface area contributed by atoms with Crippen LogP contribution in [0.3, 0.4) is 0 Å². The van der Waals surface area contributed by atoms with Crippen LogP contribution in [0.25, 0.3) is 10.8 Å². The van der Waals surface area contributed by atoms with Gasteiger partial charge in [0.2, 0.25) is 6.29 Å². The van der Waals surface area contributed by atoms with Gasteiger partial charge in [-0.25, -0.2) is 0 Å². The Morgan fingerprint density at radius 1 is 0.909 bits per heavy atom. The van der Waals surface area contributed by atoms with Crippen LogP contribution in [0.5, 0.6) is 5.75 Å². The van der Waals surface area contributed by atoms with Crippen LogP contribution in [-0.4, -0.2) is 57.7 Å². The summed E-state index contributed by atoms with van der Waals surface area (Å²) >= 11 is 0. The van der Waals surface area contributed by atoms with Gasteiger partial charge in [-0.15, -0.1) is 0 Å². The fourth-order valence-electron chi connectivity index (χ4n) is 2.54. The molecule has 6 heteroatoms. The number of hydrogen-bond acceptors (Lipinski definition) is 6. The van der Waals surface area contributed by atoms with Crippen molar-refractivity contribution in [3.8, 4) is 5.75 Å². The molecule has 0 spiro atoms. The van der Waals surface area contributed by atoms with Crippen molar-refractivity contribution in [1.82, 2.24) is 0 Å². The standard InChI is InChI=1S/C16H18O6/c17-8-12-13(18)14(19)15(20)16(22-12)21-11-6-5-9-3-1-2-4-10(9)7-11/h1-7,12-20H,8H2/t12?,13-,14?,15?,16+/m0/s1. The molecule has 3 unspecified atom stereocenters. The SMILES string of the molecule is OCC1O[C@@H](Oc2ccc3ccccc3c2)C(O)C(O)[C@H]1O. The molecular formula is C16H18O6. The van der Waals surface area contributed by atoms with E-state index >= 15 is 0 Å². The van der Waals surface area contributed by atoms with E-state index in [4.69, 9.17) is 14.6 Å². The van der Waals surface area contributed by atoms with Crippen molar-refractivity contribution in [1.29, 1.82) is 0 Å². The summed E-state index contributed by atoms with van der Waals surface area (Å²) in [6.45, 7) is -0.484. The second-order valence-electron chi connectivity index (χ2n) is 5.32. The Bertz CT molecular complexity index is 643. The van der Waals surface area contributed by atoms with Gasteiger partial charge in [0.15, 0.2) is 0 Å². The zero-order valence-electron chi connectivity index (χ0n) is 11.7. The third-order valence-electron chi connectivity index (χ3n) is 3.82. The highest BCUT2D eigenvalue weighted by Crippen LogP contribution is 2.26. The molecule has 22 heavy (non-hydrogen) atoms. The van der Waals surface area contributed by atoms with Crippen LogP contribution in [0.15, 0.2) is 42.5 Å². The van der Waals surface area contributed by atoms with Crippen LogP contribution in [-0.2, 0) is 4.74 Å². The lowest BCUT2D eigenvalue weighted by Crippen LogP contribution is -2.60. The predicted octanol–water partition coefficient (Wildman–Crippen LogP) is 0.0185. The lowest BCUT2D eigenvalue weighted by molar-refractivity contribution is -0.277. The third-order valence-corrected chi connectivity index (χ3v) is 3.82. The van der Waals surface area contributed by atoms with Crippen molar-refractivity contribution < 1.29 is 29.9 Å². The Labute approximate surface area is 127 Å². The molecule has 118 valence electrons. The molecule has 2 aromatic rings. The Morgan fingerprint density at radius 2 is 1.64 bits per heavy atom. The van der Waals surface area contributed by atoms with Crippen LogP contribution in [0.1, 0.15) is 0 Å². The summed E-state index contributed by atoms with van der Waals surface area (Å²) in [5, 5.41) is 40.6. The second-order valence-corrected chi connectivity index (χ2v) is 5.32. The molecule has 1 heterocycles. The summed E-state index contributed by atoms with van der Waals surface area (Å²) in [6.07, 6.45) is -6.40. The minimum Gasteiger partial charge on any atom is -0.462 e. The predicted molar refractivity (Wildman–Crippen MR) is 78.3 cm³/mol. The van der Waals surface area contributed by atoms with E-state index in [1.165, 1.54) is 0 Å². The molecule has 1 saturated heterocycles. The maximum Gasteiger partial charge on any atom is 0.229 e. The molecule has 0 radical (unpaired) electrons. The van der Waals surface area contributed by atoms with E-state index in [2.05, 4.69) is 0 Å². The Balaban J connectivity index is 1.80. The summed E-state index contributed by atoms with van der Waals surface area (Å²) < 4.78 is 10.9. The van der Waals surface area contributed by atoms with E-state index < -0.39 is 37.3 Å². The highest BCUT2D eigenvalue weighted by molar-refractivity contribution is 5.83. The van der Waals surface area contributed by atoms with Crippen LogP contribution in [0.4, 0.5) is 0 Å². The van der Waals surface area contributed by atoms with E-state index in [1.54, 1.807) is 12.1 Å². The molecule has 1 fully saturated rings. The molecule has 2 aromatic carbocycles. The lowest BCUT2D eigenvalue weighted by Gasteiger charge is -2.39. The minimum atomic E-state index is -1.45. The van der Waals surface area contributed by atoms with Gasteiger partial charge in [-0.3, -0.25) is 0 Å². The fourth-order valence-corrected chi connectivity index (χ4v) is 2.54. The van der Waals surface area contributed by atoms with Crippen molar-refractivity contribution in [3.05, 3.63) is 42.5 Å². The van der Waals surface area contributed by atoms with Crippen molar-refractivity contribution in [3.63, 3.8) is 0 Å². The number of hydrogen-bond donors (Lipinski definition) is 4. The third kappa shape index (κ3) is 2.79.